The van der Waals surface area contributed by atoms with E-state index in [1.54, 1.807) is 6.07 Å². The number of nitrogens with zero attached hydrogens (tertiary/aromatic N) is 2. The Morgan fingerprint density at radius 1 is 1.27 bits per heavy atom. The summed E-state index contributed by atoms with van der Waals surface area (Å²) in [5, 5.41) is 4.86. The highest BCUT2D eigenvalue weighted by Gasteiger charge is 2.25. The van der Waals surface area contributed by atoms with Crippen LogP contribution >= 0.6 is 23.4 Å². The van der Waals surface area contributed by atoms with E-state index in [0.29, 0.717) is 20.8 Å². The lowest BCUT2D eigenvalue weighted by atomic mass is 10.1. The van der Waals surface area contributed by atoms with Gasteiger partial charge in [0.15, 0.2) is 5.17 Å². The minimum Gasteiger partial charge on any atom is -0.468 e. The number of carbonyl (C=O) groups is 2. The van der Waals surface area contributed by atoms with Crippen molar-refractivity contribution in [1.82, 2.24) is 9.88 Å². The third-order valence-electron chi connectivity index (χ3n) is 4.75. The molecular weight excluding hydrogens is 422 g/mol. The molecule has 152 valence electrons. The number of para-hydroxylation sites is 1. The summed E-state index contributed by atoms with van der Waals surface area (Å²) in [5.41, 5.74) is 3.29. The van der Waals surface area contributed by atoms with Gasteiger partial charge < -0.3 is 14.6 Å². The molecule has 8 heteroatoms. The number of thioether (sulfide) groups is 1. The number of amidine groups is 1. The number of nitrogens with one attached hydrogen (secondary N) is 1. The number of ether oxygens (including phenoxy) is 1. The van der Waals surface area contributed by atoms with Gasteiger partial charge in [0.2, 0.25) is 0 Å². The van der Waals surface area contributed by atoms with Gasteiger partial charge in [0, 0.05) is 27.7 Å². The molecular formula is C22H18ClN3O3S. The molecule has 1 N–H and O–H groups in total. The number of hydrogen-bond acceptors (Lipinski definition) is 5. The third-order valence-corrected chi connectivity index (χ3v) is 6.06. The summed E-state index contributed by atoms with van der Waals surface area (Å²) in [6, 6.07) is 13.2. The fraction of sp³-hybridized carbons (Fsp3) is 0.136. The first-order chi connectivity index (χ1) is 14.5. The zero-order chi connectivity index (χ0) is 21.3. The molecule has 1 amide bonds. The molecule has 0 radical (unpaired) electrons. The Morgan fingerprint density at radius 2 is 2.07 bits per heavy atom. The summed E-state index contributed by atoms with van der Waals surface area (Å²) in [4.78, 5) is 29.3. The number of amides is 1. The van der Waals surface area contributed by atoms with Gasteiger partial charge in [-0.1, -0.05) is 35.9 Å². The van der Waals surface area contributed by atoms with Crippen molar-refractivity contribution < 1.29 is 14.3 Å². The minimum absolute atomic E-state index is 0.0975. The average Bonchev–Trinajstić information content (AvgIpc) is 3.26. The van der Waals surface area contributed by atoms with Gasteiger partial charge in [-0.15, -0.1) is 0 Å². The summed E-state index contributed by atoms with van der Waals surface area (Å²) in [7, 11) is 1.36. The number of benzene rings is 2. The van der Waals surface area contributed by atoms with Crippen molar-refractivity contribution in [1.29, 1.82) is 0 Å². The number of esters is 1. The Morgan fingerprint density at radius 3 is 2.87 bits per heavy atom. The third kappa shape index (κ3) is 3.99. The van der Waals surface area contributed by atoms with Crippen LogP contribution < -0.4 is 5.32 Å². The summed E-state index contributed by atoms with van der Waals surface area (Å²) < 4.78 is 6.60. The highest BCUT2D eigenvalue weighted by molar-refractivity contribution is 8.18. The minimum atomic E-state index is -0.339. The van der Waals surface area contributed by atoms with Gasteiger partial charge in [-0.25, -0.2) is 4.99 Å². The Balaban J connectivity index is 1.68. The van der Waals surface area contributed by atoms with Crippen molar-refractivity contribution in [2.24, 2.45) is 4.99 Å². The number of aromatic nitrogens is 1. The zero-order valence-corrected chi connectivity index (χ0v) is 17.9. The molecule has 1 aromatic heterocycles. The second-order valence-electron chi connectivity index (χ2n) is 6.67. The van der Waals surface area contributed by atoms with Crippen LogP contribution in [0.4, 0.5) is 5.69 Å². The first-order valence-electron chi connectivity index (χ1n) is 9.15. The largest absolute Gasteiger partial charge is 0.468 e. The maximum Gasteiger partial charge on any atom is 0.325 e. The van der Waals surface area contributed by atoms with Crippen molar-refractivity contribution in [2.45, 2.75) is 13.5 Å². The molecule has 6 nitrogen and oxygen atoms in total. The number of fused-ring (bicyclic) bond motifs is 1. The van der Waals surface area contributed by atoms with Crippen LogP contribution in [-0.4, -0.2) is 28.7 Å². The molecule has 1 saturated heterocycles. The van der Waals surface area contributed by atoms with E-state index >= 15 is 0 Å². The Labute approximate surface area is 182 Å². The lowest BCUT2D eigenvalue weighted by Gasteiger charge is -2.02. The smallest absolute Gasteiger partial charge is 0.325 e. The topological polar surface area (TPSA) is 72.7 Å². The standard InChI is InChI=1S/C22H18ClN3O3S/c1-13-16(23)7-5-8-17(13)24-22-25-21(28)19(30-22)10-14-11-26(12-20(27)29-2)18-9-4-3-6-15(14)18/h3-11H,12H2,1-2H3,(H,24,25,28)/b19-10-. The van der Waals surface area contributed by atoms with Crippen molar-refractivity contribution in [3.63, 3.8) is 0 Å². The predicted octanol–water partition coefficient (Wildman–Crippen LogP) is 4.67. The maximum absolute atomic E-state index is 12.5. The highest BCUT2D eigenvalue weighted by atomic mass is 35.5. The number of halogens is 1. The summed E-state index contributed by atoms with van der Waals surface area (Å²) in [6.07, 6.45) is 3.65. The molecule has 0 spiro atoms. The van der Waals surface area contributed by atoms with Crippen LogP contribution in [0, 0.1) is 6.92 Å². The Bertz CT molecular complexity index is 1230. The van der Waals surface area contributed by atoms with E-state index < -0.39 is 0 Å². The summed E-state index contributed by atoms with van der Waals surface area (Å²) >= 11 is 7.42. The maximum atomic E-state index is 12.5. The Hall–Kier alpha value is -3.03. The molecule has 4 rings (SSSR count). The molecule has 0 unspecified atom stereocenters. The van der Waals surface area contributed by atoms with Gasteiger partial charge in [0.1, 0.15) is 6.54 Å². The molecule has 2 heterocycles. The molecule has 1 aliphatic heterocycles. The Kier molecular flexibility index (Phi) is 5.65. The first-order valence-corrected chi connectivity index (χ1v) is 10.3. The lowest BCUT2D eigenvalue weighted by Crippen LogP contribution is -2.19. The number of aliphatic imine (C=N–C) groups is 1. The van der Waals surface area contributed by atoms with Crippen LogP contribution in [0.25, 0.3) is 17.0 Å². The van der Waals surface area contributed by atoms with Gasteiger partial charge in [-0.05, 0) is 48.5 Å². The van der Waals surface area contributed by atoms with E-state index in [4.69, 9.17) is 16.3 Å². The van der Waals surface area contributed by atoms with Gasteiger partial charge in [-0.3, -0.25) is 9.59 Å². The SMILES string of the molecule is COC(=O)Cn1cc(/C=C2\SC(=Nc3cccc(Cl)c3C)NC2=O)c2ccccc21. The van der Waals surface area contributed by atoms with Crippen LogP contribution in [0.15, 0.2) is 58.6 Å². The van der Waals surface area contributed by atoms with Gasteiger partial charge in [0.05, 0.1) is 17.7 Å². The van der Waals surface area contributed by atoms with Crippen LogP contribution in [0.1, 0.15) is 11.1 Å². The molecule has 0 atom stereocenters. The van der Waals surface area contributed by atoms with Crippen LogP contribution in [-0.2, 0) is 20.9 Å². The number of carbonyl (C=O) groups excluding carboxylic acids is 2. The molecule has 0 saturated carbocycles. The van der Waals surface area contributed by atoms with Crippen molar-refractivity contribution in [2.75, 3.05) is 7.11 Å². The van der Waals surface area contributed by atoms with Crippen LogP contribution in [0.3, 0.4) is 0 Å². The second-order valence-corrected chi connectivity index (χ2v) is 8.11. The zero-order valence-electron chi connectivity index (χ0n) is 16.3. The van der Waals surface area contributed by atoms with E-state index in [2.05, 4.69) is 10.3 Å². The van der Waals surface area contributed by atoms with E-state index in [1.165, 1.54) is 18.9 Å². The van der Waals surface area contributed by atoms with Crippen molar-refractivity contribution in [3.8, 4) is 0 Å². The van der Waals surface area contributed by atoms with Crippen LogP contribution in [0.5, 0.6) is 0 Å². The monoisotopic (exact) mass is 439 g/mol. The molecule has 30 heavy (non-hydrogen) atoms. The van der Waals surface area contributed by atoms with E-state index in [9.17, 15) is 9.59 Å². The molecule has 1 aliphatic rings. The van der Waals surface area contributed by atoms with E-state index in [1.807, 2.05) is 60.2 Å². The van der Waals surface area contributed by atoms with Gasteiger partial charge in [-0.2, -0.15) is 0 Å². The molecule has 0 aliphatic carbocycles. The van der Waals surface area contributed by atoms with Gasteiger partial charge >= 0.3 is 5.97 Å². The summed E-state index contributed by atoms with van der Waals surface area (Å²) in [6.45, 7) is 1.98. The molecule has 3 aromatic rings. The number of rotatable bonds is 4. The molecule has 1 fully saturated rings. The van der Waals surface area contributed by atoms with Gasteiger partial charge in [0.25, 0.3) is 5.91 Å². The summed E-state index contributed by atoms with van der Waals surface area (Å²) in [5.74, 6) is -0.558. The fourth-order valence-corrected chi connectivity index (χ4v) is 4.17. The lowest BCUT2D eigenvalue weighted by molar-refractivity contribution is -0.141. The van der Waals surface area contributed by atoms with Crippen molar-refractivity contribution in [3.05, 3.63) is 69.7 Å². The number of hydrogen-bond donors (Lipinski definition) is 1. The van der Waals surface area contributed by atoms with Crippen molar-refractivity contribution >= 4 is 63.1 Å². The van der Waals surface area contributed by atoms with E-state index in [-0.39, 0.29) is 18.4 Å². The first kappa shape index (κ1) is 20.3. The normalized spacial score (nSPS) is 16.4. The van der Waals surface area contributed by atoms with E-state index in [0.717, 1.165) is 22.0 Å². The predicted molar refractivity (Wildman–Crippen MR) is 121 cm³/mol. The number of methoxy groups -OCH3 is 1. The average molecular weight is 440 g/mol. The quantitative estimate of drug-likeness (QED) is 0.473. The molecule has 2 aromatic carbocycles. The second kappa shape index (κ2) is 8.38. The fourth-order valence-electron chi connectivity index (χ4n) is 3.17. The molecule has 0 bridgehead atoms. The highest BCUT2D eigenvalue weighted by Crippen LogP contribution is 2.32. The van der Waals surface area contributed by atoms with Crippen LogP contribution in [0.2, 0.25) is 5.02 Å².